The number of hydrogen-bond donors (Lipinski definition) is 0. The molecular weight excluding hydrogens is 350 g/mol. The lowest BCUT2D eigenvalue weighted by molar-refractivity contribution is -0.385. The highest BCUT2D eigenvalue weighted by Crippen LogP contribution is 2.37. The smallest absolute Gasteiger partial charge is 0.269 e. The SMILES string of the molecule is COc1cccc(N(c2ccc([N+](=O)[O-])cc2)c2ccc([N+](=O)[O-])cc2)c1. The number of nitro benzene ring substituents is 2. The summed E-state index contributed by atoms with van der Waals surface area (Å²) in [5.41, 5.74) is 2.04. The lowest BCUT2D eigenvalue weighted by Gasteiger charge is -2.25. The van der Waals surface area contributed by atoms with E-state index in [4.69, 9.17) is 4.74 Å². The Bertz CT molecular complexity index is 914. The summed E-state index contributed by atoms with van der Waals surface area (Å²) in [4.78, 5) is 22.7. The van der Waals surface area contributed by atoms with Gasteiger partial charge in [0.05, 0.1) is 17.0 Å². The second-order valence-electron chi connectivity index (χ2n) is 5.58. The molecule has 0 aliphatic heterocycles. The molecule has 0 aromatic heterocycles. The Morgan fingerprint density at radius 2 is 1.22 bits per heavy atom. The fourth-order valence-electron chi connectivity index (χ4n) is 2.64. The standard InChI is InChI=1S/C19H15N3O5/c1-27-19-4-2-3-18(13-19)20(14-5-9-16(10-6-14)21(23)24)15-7-11-17(12-8-15)22(25)26/h2-13H,1H3. The van der Waals surface area contributed by atoms with Crippen LogP contribution in [0.2, 0.25) is 0 Å². The molecule has 0 aliphatic carbocycles. The van der Waals surface area contributed by atoms with Gasteiger partial charge >= 0.3 is 0 Å². The number of hydrogen-bond acceptors (Lipinski definition) is 6. The van der Waals surface area contributed by atoms with Gasteiger partial charge in [-0.2, -0.15) is 0 Å². The van der Waals surface area contributed by atoms with E-state index in [-0.39, 0.29) is 11.4 Å². The molecule has 0 spiro atoms. The number of methoxy groups -OCH3 is 1. The van der Waals surface area contributed by atoms with E-state index in [1.54, 1.807) is 37.4 Å². The lowest BCUT2D eigenvalue weighted by Crippen LogP contribution is -2.10. The molecule has 0 amide bonds. The maximum absolute atomic E-state index is 10.9. The molecule has 0 saturated carbocycles. The molecule has 0 aliphatic rings. The summed E-state index contributed by atoms with van der Waals surface area (Å²) in [6.07, 6.45) is 0. The minimum absolute atomic E-state index is 0.0203. The summed E-state index contributed by atoms with van der Waals surface area (Å²) >= 11 is 0. The molecule has 0 atom stereocenters. The number of nitro groups is 2. The van der Waals surface area contributed by atoms with E-state index < -0.39 is 9.85 Å². The van der Waals surface area contributed by atoms with Crippen LogP contribution in [0.5, 0.6) is 5.75 Å². The maximum atomic E-state index is 10.9. The Balaban J connectivity index is 2.10. The summed E-state index contributed by atoms with van der Waals surface area (Å²) in [6.45, 7) is 0. The highest BCUT2D eigenvalue weighted by molar-refractivity contribution is 5.77. The number of ether oxygens (including phenoxy) is 1. The largest absolute Gasteiger partial charge is 0.497 e. The molecule has 3 aromatic rings. The Morgan fingerprint density at radius 1 is 0.741 bits per heavy atom. The van der Waals surface area contributed by atoms with E-state index in [0.717, 1.165) is 5.69 Å². The molecule has 0 N–H and O–H groups in total. The number of nitrogens with zero attached hydrogens (tertiary/aromatic N) is 3. The van der Waals surface area contributed by atoms with Crippen molar-refractivity contribution in [2.45, 2.75) is 0 Å². The van der Waals surface area contributed by atoms with Gasteiger partial charge in [0, 0.05) is 47.4 Å². The molecular formula is C19H15N3O5. The first-order valence-electron chi connectivity index (χ1n) is 7.92. The molecule has 136 valence electrons. The predicted molar refractivity (Wildman–Crippen MR) is 101 cm³/mol. The molecule has 27 heavy (non-hydrogen) atoms. The third-order valence-corrected chi connectivity index (χ3v) is 3.95. The van der Waals surface area contributed by atoms with Gasteiger partial charge in [0.15, 0.2) is 0 Å². The molecule has 0 heterocycles. The minimum atomic E-state index is -0.467. The molecule has 8 nitrogen and oxygen atoms in total. The molecule has 0 bridgehead atoms. The maximum Gasteiger partial charge on any atom is 0.269 e. The van der Waals surface area contributed by atoms with Crippen molar-refractivity contribution in [1.82, 2.24) is 0 Å². The molecule has 3 aromatic carbocycles. The zero-order chi connectivity index (χ0) is 19.4. The van der Waals surface area contributed by atoms with Crippen molar-refractivity contribution in [3.63, 3.8) is 0 Å². The van der Waals surface area contributed by atoms with Crippen LogP contribution in [-0.4, -0.2) is 17.0 Å². The average Bonchev–Trinajstić information content (AvgIpc) is 2.69. The summed E-state index contributed by atoms with van der Waals surface area (Å²) in [5.74, 6) is 0.640. The van der Waals surface area contributed by atoms with Gasteiger partial charge in [0.2, 0.25) is 0 Å². The fourth-order valence-corrected chi connectivity index (χ4v) is 2.64. The van der Waals surface area contributed by atoms with Crippen LogP contribution in [0.1, 0.15) is 0 Å². The fraction of sp³-hybridized carbons (Fsp3) is 0.0526. The van der Waals surface area contributed by atoms with E-state index in [0.29, 0.717) is 17.1 Å². The van der Waals surface area contributed by atoms with Crippen LogP contribution in [-0.2, 0) is 0 Å². The van der Waals surface area contributed by atoms with Gasteiger partial charge in [0.25, 0.3) is 11.4 Å². The van der Waals surface area contributed by atoms with E-state index in [2.05, 4.69) is 0 Å². The summed E-state index contributed by atoms with van der Waals surface area (Å²) in [7, 11) is 1.56. The summed E-state index contributed by atoms with van der Waals surface area (Å²) in [5, 5.41) is 21.8. The predicted octanol–water partition coefficient (Wildman–Crippen LogP) is 4.98. The Hall–Kier alpha value is -3.94. The first-order valence-corrected chi connectivity index (χ1v) is 7.92. The van der Waals surface area contributed by atoms with Crippen molar-refractivity contribution < 1.29 is 14.6 Å². The third kappa shape index (κ3) is 3.84. The second-order valence-corrected chi connectivity index (χ2v) is 5.58. The second kappa shape index (κ2) is 7.52. The Labute approximate surface area is 154 Å². The minimum Gasteiger partial charge on any atom is -0.497 e. The van der Waals surface area contributed by atoms with E-state index in [1.807, 2.05) is 23.1 Å². The van der Waals surface area contributed by atoms with E-state index in [9.17, 15) is 20.2 Å². The van der Waals surface area contributed by atoms with Crippen molar-refractivity contribution in [2.75, 3.05) is 12.0 Å². The van der Waals surface area contributed by atoms with Crippen LogP contribution in [0.3, 0.4) is 0 Å². The van der Waals surface area contributed by atoms with Gasteiger partial charge in [-0.15, -0.1) is 0 Å². The zero-order valence-electron chi connectivity index (χ0n) is 14.3. The van der Waals surface area contributed by atoms with Gasteiger partial charge in [0.1, 0.15) is 5.75 Å². The number of rotatable bonds is 6. The normalized spacial score (nSPS) is 10.3. The number of anilines is 3. The van der Waals surface area contributed by atoms with E-state index in [1.165, 1.54) is 24.3 Å². The van der Waals surface area contributed by atoms with Crippen molar-refractivity contribution >= 4 is 28.4 Å². The molecule has 0 radical (unpaired) electrons. The van der Waals surface area contributed by atoms with Gasteiger partial charge in [-0.1, -0.05) is 6.07 Å². The van der Waals surface area contributed by atoms with Crippen LogP contribution < -0.4 is 9.64 Å². The molecule has 0 fully saturated rings. The average molecular weight is 365 g/mol. The van der Waals surface area contributed by atoms with Crippen LogP contribution in [0.15, 0.2) is 72.8 Å². The zero-order valence-corrected chi connectivity index (χ0v) is 14.3. The van der Waals surface area contributed by atoms with Crippen LogP contribution in [0, 0.1) is 20.2 Å². The lowest BCUT2D eigenvalue weighted by atomic mass is 10.1. The van der Waals surface area contributed by atoms with Gasteiger partial charge in [-0.25, -0.2) is 0 Å². The highest BCUT2D eigenvalue weighted by Gasteiger charge is 2.16. The quantitative estimate of drug-likeness (QED) is 0.451. The van der Waals surface area contributed by atoms with Gasteiger partial charge in [-0.05, 0) is 36.4 Å². The monoisotopic (exact) mass is 365 g/mol. The number of benzene rings is 3. The van der Waals surface area contributed by atoms with Gasteiger partial charge < -0.3 is 9.64 Å². The first-order chi connectivity index (χ1) is 13.0. The molecule has 0 unspecified atom stereocenters. The van der Waals surface area contributed by atoms with Gasteiger partial charge in [-0.3, -0.25) is 20.2 Å². The van der Waals surface area contributed by atoms with Crippen molar-refractivity contribution in [3.8, 4) is 5.75 Å². The molecule has 0 saturated heterocycles. The van der Waals surface area contributed by atoms with E-state index >= 15 is 0 Å². The summed E-state index contributed by atoms with van der Waals surface area (Å²) in [6, 6.07) is 19.4. The van der Waals surface area contributed by atoms with Crippen LogP contribution in [0.4, 0.5) is 28.4 Å². The Kier molecular flexibility index (Phi) is 4.98. The van der Waals surface area contributed by atoms with Crippen LogP contribution >= 0.6 is 0 Å². The molecule has 3 rings (SSSR count). The van der Waals surface area contributed by atoms with Crippen LogP contribution in [0.25, 0.3) is 0 Å². The van der Waals surface area contributed by atoms with Crippen molar-refractivity contribution in [2.24, 2.45) is 0 Å². The highest BCUT2D eigenvalue weighted by atomic mass is 16.6. The third-order valence-electron chi connectivity index (χ3n) is 3.95. The summed E-state index contributed by atoms with van der Waals surface area (Å²) < 4.78 is 5.27. The number of non-ortho nitro benzene ring substituents is 2. The van der Waals surface area contributed by atoms with Crippen molar-refractivity contribution in [1.29, 1.82) is 0 Å². The molecule has 8 heteroatoms. The first kappa shape index (κ1) is 17.9. The van der Waals surface area contributed by atoms with Crippen molar-refractivity contribution in [3.05, 3.63) is 93.0 Å². The topological polar surface area (TPSA) is 98.8 Å². The Morgan fingerprint density at radius 3 is 1.63 bits per heavy atom.